The van der Waals surface area contributed by atoms with E-state index in [0.717, 1.165) is 0 Å². The zero-order valence-corrected chi connectivity index (χ0v) is 10.3. The number of carboxylic acid groups (broad SMARTS) is 1. The summed E-state index contributed by atoms with van der Waals surface area (Å²) in [5.74, 6) is -1.77. The van der Waals surface area contributed by atoms with Crippen LogP contribution in [0.15, 0.2) is 18.3 Å². The topological polar surface area (TPSA) is 99.5 Å². The molecular formula is C12H16N2O4. The van der Waals surface area contributed by atoms with Gasteiger partial charge in [-0.25, -0.2) is 4.79 Å². The molecule has 1 aromatic heterocycles. The Morgan fingerprint density at radius 3 is 2.61 bits per heavy atom. The highest BCUT2D eigenvalue weighted by Gasteiger charge is 2.21. The van der Waals surface area contributed by atoms with Crippen molar-refractivity contribution in [3.05, 3.63) is 29.6 Å². The van der Waals surface area contributed by atoms with E-state index in [1.165, 1.54) is 18.3 Å². The number of pyridine rings is 1. The van der Waals surface area contributed by atoms with E-state index < -0.39 is 17.9 Å². The van der Waals surface area contributed by atoms with Crippen LogP contribution in [0.1, 0.15) is 34.7 Å². The molecule has 0 spiro atoms. The van der Waals surface area contributed by atoms with Crippen LogP contribution >= 0.6 is 0 Å². The number of carbonyl (C=O) groups excluding carboxylic acids is 1. The van der Waals surface area contributed by atoms with Crippen LogP contribution in [0.4, 0.5) is 0 Å². The normalized spacial score (nSPS) is 12.2. The number of rotatable bonds is 5. The molecular weight excluding hydrogens is 236 g/mol. The Morgan fingerprint density at radius 2 is 2.11 bits per heavy atom. The number of hydrogen-bond acceptors (Lipinski definition) is 4. The molecule has 1 aromatic rings. The van der Waals surface area contributed by atoms with Gasteiger partial charge in [-0.2, -0.15) is 0 Å². The molecule has 0 saturated carbocycles. The summed E-state index contributed by atoms with van der Waals surface area (Å²) in [4.78, 5) is 26.6. The third kappa shape index (κ3) is 3.27. The molecule has 0 unspecified atom stereocenters. The summed E-state index contributed by atoms with van der Waals surface area (Å²) < 4.78 is 0. The minimum Gasteiger partial charge on any atom is -0.478 e. The van der Waals surface area contributed by atoms with Gasteiger partial charge in [0.1, 0.15) is 5.69 Å². The summed E-state index contributed by atoms with van der Waals surface area (Å²) in [6.07, 6.45) is 1.35. The first-order valence-electron chi connectivity index (χ1n) is 5.57. The van der Waals surface area contributed by atoms with E-state index in [4.69, 9.17) is 10.2 Å². The number of hydrogen-bond donors (Lipinski definition) is 3. The van der Waals surface area contributed by atoms with Crippen molar-refractivity contribution in [1.29, 1.82) is 0 Å². The van der Waals surface area contributed by atoms with Gasteiger partial charge in [0.2, 0.25) is 0 Å². The number of aliphatic hydroxyl groups is 1. The molecule has 18 heavy (non-hydrogen) atoms. The molecule has 3 N–H and O–H groups in total. The summed E-state index contributed by atoms with van der Waals surface area (Å²) in [7, 11) is 0. The van der Waals surface area contributed by atoms with Crippen LogP contribution in [-0.4, -0.2) is 39.7 Å². The van der Waals surface area contributed by atoms with E-state index in [-0.39, 0.29) is 23.8 Å². The summed E-state index contributed by atoms with van der Waals surface area (Å²) in [5.41, 5.74) is -0.306. The van der Waals surface area contributed by atoms with Crippen LogP contribution in [-0.2, 0) is 0 Å². The quantitative estimate of drug-likeness (QED) is 0.709. The van der Waals surface area contributed by atoms with Crippen LogP contribution in [0, 0.1) is 5.92 Å². The van der Waals surface area contributed by atoms with Crippen LogP contribution in [0.25, 0.3) is 0 Å². The first-order valence-corrected chi connectivity index (χ1v) is 5.57. The van der Waals surface area contributed by atoms with Crippen molar-refractivity contribution < 1.29 is 19.8 Å². The standard InChI is InChI=1S/C12H16N2O4/c1-7(2)9(6-15)14-11(16)10-8(12(17)18)4-3-5-13-10/h3-5,7,9,15H,6H2,1-2H3,(H,14,16)(H,17,18)/t9-/m1/s1. The molecule has 98 valence electrons. The highest BCUT2D eigenvalue weighted by molar-refractivity contribution is 6.03. The Morgan fingerprint density at radius 1 is 1.44 bits per heavy atom. The van der Waals surface area contributed by atoms with E-state index >= 15 is 0 Å². The van der Waals surface area contributed by atoms with Gasteiger partial charge in [-0.1, -0.05) is 13.8 Å². The van der Waals surface area contributed by atoms with Crippen LogP contribution in [0.3, 0.4) is 0 Å². The first-order chi connectivity index (χ1) is 8.47. The molecule has 0 aromatic carbocycles. The van der Waals surface area contributed by atoms with Gasteiger partial charge in [0.05, 0.1) is 18.2 Å². The Labute approximate surface area is 105 Å². The second-order valence-corrected chi connectivity index (χ2v) is 4.21. The smallest absolute Gasteiger partial charge is 0.338 e. The predicted octanol–water partition coefficient (Wildman–Crippen LogP) is 0.526. The molecule has 6 heteroatoms. The van der Waals surface area contributed by atoms with Crippen molar-refractivity contribution in [3.8, 4) is 0 Å². The van der Waals surface area contributed by atoms with Gasteiger partial charge in [-0.15, -0.1) is 0 Å². The predicted molar refractivity (Wildman–Crippen MR) is 64.4 cm³/mol. The zero-order chi connectivity index (χ0) is 13.7. The molecule has 1 rings (SSSR count). The molecule has 0 saturated heterocycles. The Hall–Kier alpha value is -1.95. The molecule has 1 atom stereocenters. The van der Waals surface area contributed by atoms with Crippen LogP contribution in [0.2, 0.25) is 0 Å². The van der Waals surface area contributed by atoms with Crippen molar-refractivity contribution in [1.82, 2.24) is 10.3 Å². The lowest BCUT2D eigenvalue weighted by atomic mass is 10.0. The fourth-order valence-electron chi connectivity index (χ4n) is 1.42. The third-order valence-electron chi connectivity index (χ3n) is 2.57. The highest BCUT2D eigenvalue weighted by Crippen LogP contribution is 2.07. The van der Waals surface area contributed by atoms with Crippen molar-refractivity contribution in [3.63, 3.8) is 0 Å². The second-order valence-electron chi connectivity index (χ2n) is 4.21. The first kappa shape index (κ1) is 14.1. The maximum Gasteiger partial charge on any atom is 0.338 e. The van der Waals surface area contributed by atoms with Gasteiger partial charge < -0.3 is 15.5 Å². The maximum absolute atomic E-state index is 11.9. The number of aromatic nitrogens is 1. The van der Waals surface area contributed by atoms with E-state index in [1.807, 2.05) is 13.8 Å². The average Bonchev–Trinajstić information content (AvgIpc) is 2.35. The number of nitrogens with zero attached hydrogens (tertiary/aromatic N) is 1. The fraction of sp³-hybridized carbons (Fsp3) is 0.417. The molecule has 1 heterocycles. The number of carboxylic acids is 1. The van der Waals surface area contributed by atoms with E-state index in [1.54, 1.807) is 0 Å². The molecule has 0 aliphatic heterocycles. The van der Waals surface area contributed by atoms with E-state index in [9.17, 15) is 9.59 Å². The molecule has 1 amide bonds. The Bertz CT molecular complexity index is 445. The fourth-order valence-corrected chi connectivity index (χ4v) is 1.42. The number of aromatic carboxylic acids is 1. The van der Waals surface area contributed by atoms with Crippen molar-refractivity contribution in [2.75, 3.05) is 6.61 Å². The summed E-state index contributed by atoms with van der Waals surface area (Å²) in [5, 5.41) is 20.6. The molecule has 0 fully saturated rings. The summed E-state index contributed by atoms with van der Waals surface area (Å²) in [6, 6.07) is 2.33. The Balaban J connectivity index is 2.94. The van der Waals surface area contributed by atoms with Gasteiger partial charge in [-0.3, -0.25) is 9.78 Å². The molecule has 0 aliphatic rings. The van der Waals surface area contributed by atoms with Crippen LogP contribution in [0.5, 0.6) is 0 Å². The summed E-state index contributed by atoms with van der Waals surface area (Å²) >= 11 is 0. The van der Waals surface area contributed by atoms with Gasteiger partial charge in [0.15, 0.2) is 0 Å². The Kier molecular flexibility index (Phi) is 4.79. The van der Waals surface area contributed by atoms with Crippen molar-refractivity contribution >= 4 is 11.9 Å². The molecule has 6 nitrogen and oxygen atoms in total. The SMILES string of the molecule is CC(C)[C@@H](CO)NC(=O)c1ncccc1C(=O)O. The maximum atomic E-state index is 11.9. The number of carbonyl (C=O) groups is 2. The molecule has 0 bridgehead atoms. The largest absolute Gasteiger partial charge is 0.478 e. The summed E-state index contributed by atoms with van der Waals surface area (Å²) in [6.45, 7) is 3.48. The van der Waals surface area contributed by atoms with Gasteiger partial charge >= 0.3 is 5.97 Å². The van der Waals surface area contributed by atoms with Crippen LogP contribution < -0.4 is 5.32 Å². The van der Waals surface area contributed by atoms with E-state index in [0.29, 0.717) is 0 Å². The lowest BCUT2D eigenvalue weighted by Gasteiger charge is -2.19. The van der Waals surface area contributed by atoms with Crippen molar-refractivity contribution in [2.45, 2.75) is 19.9 Å². The zero-order valence-electron chi connectivity index (χ0n) is 10.3. The number of aliphatic hydroxyl groups excluding tert-OH is 1. The van der Waals surface area contributed by atoms with Gasteiger partial charge in [0, 0.05) is 6.20 Å². The van der Waals surface area contributed by atoms with Crippen molar-refractivity contribution in [2.24, 2.45) is 5.92 Å². The number of amides is 1. The average molecular weight is 252 g/mol. The lowest BCUT2D eigenvalue weighted by molar-refractivity contribution is 0.0688. The monoisotopic (exact) mass is 252 g/mol. The van der Waals surface area contributed by atoms with Gasteiger partial charge in [0.25, 0.3) is 5.91 Å². The van der Waals surface area contributed by atoms with Gasteiger partial charge in [-0.05, 0) is 18.1 Å². The second kappa shape index (κ2) is 6.11. The number of nitrogens with one attached hydrogen (secondary N) is 1. The lowest BCUT2D eigenvalue weighted by Crippen LogP contribution is -2.42. The minimum atomic E-state index is -1.21. The van der Waals surface area contributed by atoms with E-state index in [2.05, 4.69) is 10.3 Å². The minimum absolute atomic E-state index is 0.0379. The molecule has 0 aliphatic carbocycles. The third-order valence-corrected chi connectivity index (χ3v) is 2.57. The molecule has 0 radical (unpaired) electrons. The highest BCUT2D eigenvalue weighted by atomic mass is 16.4.